The molecule has 3 aliphatic rings. The van der Waals surface area contributed by atoms with E-state index >= 15 is 0 Å². The fourth-order valence-electron chi connectivity index (χ4n) is 5.81. The predicted molar refractivity (Wildman–Crippen MR) is 210 cm³/mol. The fraction of sp³-hybridized carbons (Fsp3) is 0.400. The van der Waals surface area contributed by atoms with Gasteiger partial charge in [0.1, 0.15) is 24.8 Å². The Morgan fingerprint density at radius 2 is 1.09 bits per heavy atom. The van der Waals surface area contributed by atoms with Crippen LogP contribution in [0.3, 0.4) is 0 Å². The SMILES string of the molecule is CC(=O)COCCOCCOCCOc1ccc(N2C(=O)C(Sc3ccc(C(=O)N4CCOCC4)cc3)=C(Sc3ccc(C(=O)N4CCOCC4)cc3)C2=O)nc1. The summed E-state index contributed by atoms with van der Waals surface area (Å²) in [4.78, 5) is 75.7. The van der Waals surface area contributed by atoms with Gasteiger partial charge in [-0.1, -0.05) is 23.5 Å². The summed E-state index contributed by atoms with van der Waals surface area (Å²) in [7, 11) is 0. The molecule has 2 aromatic carbocycles. The van der Waals surface area contributed by atoms with Crippen molar-refractivity contribution in [2.24, 2.45) is 0 Å². The monoisotopic (exact) mass is 820 g/mol. The van der Waals surface area contributed by atoms with Gasteiger partial charge in [0.15, 0.2) is 5.78 Å². The molecular weight excluding hydrogens is 777 g/mol. The summed E-state index contributed by atoms with van der Waals surface area (Å²) < 4.78 is 32.5. The molecule has 4 heterocycles. The van der Waals surface area contributed by atoms with Crippen molar-refractivity contribution in [1.82, 2.24) is 14.8 Å². The molecule has 4 amide bonds. The normalized spacial score (nSPS) is 16.1. The van der Waals surface area contributed by atoms with Gasteiger partial charge in [-0.2, -0.15) is 0 Å². The number of ether oxygens (including phenoxy) is 6. The summed E-state index contributed by atoms with van der Waals surface area (Å²) in [6.45, 7) is 7.53. The molecule has 0 spiro atoms. The molecule has 17 heteroatoms. The minimum Gasteiger partial charge on any atom is -0.490 e. The van der Waals surface area contributed by atoms with Crippen molar-refractivity contribution in [2.45, 2.75) is 16.7 Å². The smallest absolute Gasteiger partial charge is 0.274 e. The van der Waals surface area contributed by atoms with E-state index in [0.717, 1.165) is 28.4 Å². The second kappa shape index (κ2) is 21.2. The molecule has 2 saturated heterocycles. The molecule has 3 aliphatic heterocycles. The molecule has 0 N–H and O–H groups in total. The van der Waals surface area contributed by atoms with Gasteiger partial charge in [0.05, 0.1) is 75.5 Å². The topological polar surface area (TPSA) is 163 Å². The van der Waals surface area contributed by atoms with Gasteiger partial charge >= 0.3 is 0 Å². The largest absolute Gasteiger partial charge is 0.490 e. The van der Waals surface area contributed by atoms with Crippen LogP contribution < -0.4 is 9.64 Å². The van der Waals surface area contributed by atoms with Crippen LogP contribution in [0.15, 0.2) is 86.5 Å². The first-order chi connectivity index (χ1) is 27.8. The number of pyridine rings is 1. The third-order valence-electron chi connectivity index (χ3n) is 8.74. The number of rotatable bonds is 19. The van der Waals surface area contributed by atoms with Crippen molar-refractivity contribution >= 4 is 58.8 Å². The number of Topliss-reactive ketones (excluding diaryl/α,β-unsaturated/α-hetero) is 1. The third kappa shape index (κ3) is 11.7. The van der Waals surface area contributed by atoms with E-state index in [0.29, 0.717) is 112 Å². The van der Waals surface area contributed by atoms with E-state index in [1.165, 1.54) is 13.1 Å². The third-order valence-corrected chi connectivity index (χ3v) is 11.0. The van der Waals surface area contributed by atoms with Crippen molar-refractivity contribution < 1.29 is 52.4 Å². The molecule has 3 aromatic rings. The summed E-state index contributed by atoms with van der Waals surface area (Å²) in [6.07, 6.45) is 1.44. The Morgan fingerprint density at radius 1 is 0.632 bits per heavy atom. The maximum Gasteiger partial charge on any atom is 0.274 e. The lowest BCUT2D eigenvalue weighted by Crippen LogP contribution is -2.40. The minimum atomic E-state index is -0.540. The van der Waals surface area contributed by atoms with E-state index in [4.69, 9.17) is 28.4 Å². The van der Waals surface area contributed by atoms with Crippen LogP contribution in [0.1, 0.15) is 27.6 Å². The number of morpholine rings is 2. The lowest BCUT2D eigenvalue weighted by molar-refractivity contribution is -0.122. The second-order valence-corrected chi connectivity index (χ2v) is 15.0. The van der Waals surface area contributed by atoms with Crippen molar-refractivity contribution in [3.05, 3.63) is 87.8 Å². The van der Waals surface area contributed by atoms with Crippen LogP contribution >= 0.6 is 23.5 Å². The predicted octanol–water partition coefficient (Wildman–Crippen LogP) is 3.71. The summed E-state index contributed by atoms with van der Waals surface area (Å²) in [5.74, 6) is -0.756. The highest BCUT2D eigenvalue weighted by Crippen LogP contribution is 2.44. The lowest BCUT2D eigenvalue weighted by atomic mass is 10.2. The number of amides is 4. The molecule has 2 fully saturated rings. The summed E-state index contributed by atoms with van der Waals surface area (Å²) in [5, 5.41) is 0. The van der Waals surface area contributed by atoms with Crippen LogP contribution in [0.25, 0.3) is 0 Å². The number of hydrogen-bond acceptors (Lipinski definition) is 14. The standard InChI is InChI=1S/C40H44N4O11S2/c1-28(45)27-54-23-22-52-20-21-53-24-25-55-31-6-11-34(41-26-31)44-39(48)35(56-32-7-2-29(3-8-32)37(46)42-12-16-50-17-13-42)36(40(44)49)57-33-9-4-30(5-10-33)38(47)43-14-18-51-19-15-43/h2-11,26H,12-25,27H2,1H3. The molecule has 0 atom stereocenters. The zero-order chi connectivity index (χ0) is 40.0. The summed E-state index contributed by atoms with van der Waals surface area (Å²) in [6, 6.07) is 17.1. The van der Waals surface area contributed by atoms with E-state index in [1.807, 2.05) is 0 Å². The van der Waals surface area contributed by atoms with Gasteiger partial charge in [0.2, 0.25) is 0 Å². The van der Waals surface area contributed by atoms with Crippen LogP contribution in [0.2, 0.25) is 0 Å². The van der Waals surface area contributed by atoms with Crippen LogP contribution in [-0.4, -0.2) is 143 Å². The molecule has 0 radical (unpaired) electrons. The van der Waals surface area contributed by atoms with Crippen molar-refractivity contribution in [1.29, 1.82) is 0 Å². The van der Waals surface area contributed by atoms with Crippen molar-refractivity contribution in [3.8, 4) is 5.75 Å². The first kappa shape index (κ1) is 42.0. The van der Waals surface area contributed by atoms with Crippen LogP contribution in [-0.2, 0) is 38.1 Å². The fourth-order valence-corrected chi connectivity index (χ4v) is 7.79. The first-order valence-electron chi connectivity index (χ1n) is 18.5. The van der Waals surface area contributed by atoms with Gasteiger partial charge in [-0.25, -0.2) is 9.88 Å². The van der Waals surface area contributed by atoms with E-state index in [1.54, 1.807) is 70.5 Å². The second-order valence-electron chi connectivity index (χ2n) is 12.8. The van der Waals surface area contributed by atoms with E-state index < -0.39 is 11.8 Å². The lowest BCUT2D eigenvalue weighted by Gasteiger charge is -2.26. The maximum atomic E-state index is 14.1. The Hall–Kier alpha value is -4.62. The van der Waals surface area contributed by atoms with E-state index in [-0.39, 0.29) is 46.4 Å². The zero-order valence-corrected chi connectivity index (χ0v) is 33.2. The van der Waals surface area contributed by atoms with Crippen LogP contribution in [0.5, 0.6) is 5.75 Å². The Labute approximate surface area is 338 Å². The van der Waals surface area contributed by atoms with Crippen molar-refractivity contribution in [3.63, 3.8) is 0 Å². The number of carbonyl (C=O) groups is 5. The molecule has 0 bridgehead atoms. The van der Waals surface area contributed by atoms with E-state index in [9.17, 15) is 24.0 Å². The number of nitrogens with zero attached hydrogens (tertiary/aromatic N) is 4. The number of aromatic nitrogens is 1. The molecule has 6 rings (SSSR count). The summed E-state index contributed by atoms with van der Waals surface area (Å²) in [5.41, 5.74) is 1.03. The summed E-state index contributed by atoms with van der Waals surface area (Å²) >= 11 is 2.27. The van der Waals surface area contributed by atoms with Gasteiger partial charge in [-0.15, -0.1) is 0 Å². The first-order valence-corrected chi connectivity index (χ1v) is 20.2. The van der Waals surface area contributed by atoms with Crippen molar-refractivity contribution in [2.75, 3.05) is 104 Å². The van der Waals surface area contributed by atoms with Gasteiger partial charge in [-0.3, -0.25) is 24.0 Å². The maximum absolute atomic E-state index is 14.1. The highest BCUT2D eigenvalue weighted by atomic mass is 32.2. The Balaban J connectivity index is 1.10. The average Bonchev–Trinajstić information content (AvgIpc) is 3.47. The van der Waals surface area contributed by atoms with E-state index in [2.05, 4.69) is 4.98 Å². The molecule has 0 unspecified atom stereocenters. The van der Waals surface area contributed by atoms with Crippen LogP contribution in [0.4, 0.5) is 5.82 Å². The molecule has 57 heavy (non-hydrogen) atoms. The molecule has 0 saturated carbocycles. The van der Waals surface area contributed by atoms with Crippen LogP contribution in [0, 0.1) is 0 Å². The molecule has 0 aliphatic carbocycles. The number of thioether (sulfide) groups is 2. The highest BCUT2D eigenvalue weighted by Gasteiger charge is 2.41. The Bertz CT molecular complexity index is 1800. The highest BCUT2D eigenvalue weighted by molar-refractivity contribution is 8.08. The number of anilines is 1. The number of ketones is 1. The molecular formula is C40H44N4O11S2. The average molecular weight is 821 g/mol. The zero-order valence-electron chi connectivity index (χ0n) is 31.6. The Morgan fingerprint density at radius 3 is 1.53 bits per heavy atom. The number of carbonyl (C=O) groups excluding carboxylic acids is 5. The van der Waals surface area contributed by atoms with Gasteiger partial charge in [-0.05, 0) is 67.6 Å². The molecule has 302 valence electrons. The van der Waals surface area contributed by atoms with Gasteiger partial charge in [0, 0.05) is 47.1 Å². The minimum absolute atomic E-state index is 0.0392. The number of hydrogen-bond donors (Lipinski definition) is 0. The Kier molecular flexibility index (Phi) is 15.6. The van der Waals surface area contributed by atoms with Gasteiger partial charge < -0.3 is 38.2 Å². The quantitative estimate of drug-likeness (QED) is 0.127. The molecule has 1 aromatic heterocycles. The number of imide groups is 1. The number of benzene rings is 2. The molecule has 15 nitrogen and oxygen atoms in total. The van der Waals surface area contributed by atoms with Gasteiger partial charge in [0.25, 0.3) is 23.6 Å².